The van der Waals surface area contributed by atoms with Gasteiger partial charge >= 0.3 is 0 Å². The SMILES string of the molecule is Cc1ccc(NC(=O)Cc2cc3c(cc2Br)OCCO3)nc1. The topological polar surface area (TPSA) is 60.5 Å². The summed E-state index contributed by atoms with van der Waals surface area (Å²) in [6.07, 6.45) is 1.95. The van der Waals surface area contributed by atoms with Crippen molar-refractivity contribution >= 4 is 27.7 Å². The molecule has 5 nitrogen and oxygen atoms in total. The minimum absolute atomic E-state index is 0.131. The molecule has 1 N–H and O–H groups in total. The van der Waals surface area contributed by atoms with Crippen molar-refractivity contribution in [1.29, 1.82) is 0 Å². The molecule has 6 heteroatoms. The van der Waals surface area contributed by atoms with Crippen LogP contribution in [0.4, 0.5) is 5.82 Å². The third kappa shape index (κ3) is 3.39. The number of benzene rings is 1. The number of ether oxygens (including phenoxy) is 2. The molecule has 0 aliphatic carbocycles. The summed E-state index contributed by atoms with van der Waals surface area (Å²) in [5, 5.41) is 2.78. The van der Waals surface area contributed by atoms with Crippen LogP contribution in [0, 0.1) is 6.92 Å². The smallest absolute Gasteiger partial charge is 0.229 e. The Balaban J connectivity index is 1.72. The maximum Gasteiger partial charge on any atom is 0.229 e. The van der Waals surface area contributed by atoms with Crippen LogP contribution in [0.15, 0.2) is 34.9 Å². The third-order valence-electron chi connectivity index (χ3n) is 3.24. The van der Waals surface area contributed by atoms with E-state index in [1.165, 1.54) is 0 Å². The van der Waals surface area contributed by atoms with Gasteiger partial charge in [0.15, 0.2) is 11.5 Å². The van der Waals surface area contributed by atoms with E-state index in [1.54, 1.807) is 12.3 Å². The number of halogens is 1. The number of hydrogen-bond donors (Lipinski definition) is 1. The van der Waals surface area contributed by atoms with Crippen molar-refractivity contribution in [2.45, 2.75) is 13.3 Å². The van der Waals surface area contributed by atoms with Crippen LogP contribution in [0.2, 0.25) is 0 Å². The molecular weight excluding hydrogens is 348 g/mol. The van der Waals surface area contributed by atoms with Gasteiger partial charge in [0, 0.05) is 10.7 Å². The van der Waals surface area contributed by atoms with Gasteiger partial charge in [-0.25, -0.2) is 4.98 Å². The number of fused-ring (bicyclic) bond motifs is 1. The summed E-state index contributed by atoms with van der Waals surface area (Å²) in [7, 11) is 0. The van der Waals surface area contributed by atoms with Gasteiger partial charge in [-0.3, -0.25) is 4.79 Å². The average molecular weight is 363 g/mol. The number of carbonyl (C=O) groups is 1. The van der Waals surface area contributed by atoms with E-state index in [-0.39, 0.29) is 12.3 Å². The zero-order chi connectivity index (χ0) is 15.5. The highest BCUT2D eigenvalue weighted by molar-refractivity contribution is 9.10. The lowest BCUT2D eigenvalue weighted by atomic mass is 10.1. The zero-order valence-corrected chi connectivity index (χ0v) is 13.6. The largest absolute Gasteiger partial charge is 0.486 e. The van der Waals surface area contributed by atoms with Crippen LogP contribution < -0.4 is 14.8 Å². The second-order valence-electron chi connectivity index (χ2n) is 5.03. The summed E-state index contributed by atoms with van der Waals surface area (Å²) in [5.41, 5.74) is 1.89. The van der Waals surface area contributed by atoms with E-state index in [9.17, 15) is 4.79 Å². The molecule has 0 radical (unpaired) electrons. The van der Waals surface area contributed by atoms with Gasteiger partial charge in [-0.1, -0.05) is 22.0 Å². The lowest BCUT2D eigenvalue weighted by Crippen LogP contribution is -2.18. The molecule has 0 saturated heterocycles. The van der Waals surface area contributed by atoms with Crippen LogP contribution in [0.5, 0.6) is 11.5 Å². The molecule has 1 amide bonds. The molecule has 1 aromatic heterocycles. The standard InChI is InChI=1S/C16H15BrN2O3/c1-10-2-3-15(18-9-10)19-16(20)7-11-6-13-14(8-12(11)17)22-5-4-21-13/h2-3,6,8-9H,4-5,7H2,1H3,(H,18,19,20). The number of hydrogen-bond acceptors (Lipinski definition) is 4. The summed E-state index contributed by atoms with van der Waals surface area (Å²) in [4.78, 5) is 16.3. The van der Waals surface area contributed by atoms with Crippen molar-refractivity contribution in [1.82, 2.24) is 4.98 Å². The molecule has 1 aliphatic heterocycles. The van der Waals surface area contributed by atoms with E-state index in [2.05, 4.69) is 26.2 Å². The van der Waals surface area contributed by atoms with Gasteiger partial charge in [-0.2, -0.15) is 0 Å². The van der Waals surface area contributed by atoms with E-state index in [4.69, 9.17) is 9.47 Å². The van der Waals surface area contributed by atoms with E-state index < -0.39 is 0 Å². The van der Waals surface area contributed by atoms with Crippen molar-refractivity contribution in [3.63, 3.8) is 0 Å². The summed E-state index contributed by atoms with van der Waals surface area (Å²) in [6.45, 7) is 3.01. The van der Waals surface area contributed by atoms with Crippen molar-refractivity contribution < 1.29 is 14.3 Å². The molecule has 0 fully saturated rings. The average Bonchev–Trinajstić information content (AvgIpc) is 2.50. The van der Waals surface area contributed by atoms with Gasteiger partial charge in [0.2, 0.25) is 5.91 Å². The van der Waals surface area contributed by atoms with Gasteiger partial charge in [0.1, 0.15) is 19.0 Å². The second-order valence-corrected chi connectivity index (χ2v) is 5.89. The highest BCUT2D eigenvalue weighted by atomic mass is 79.9. The van der Waals surface area contributed by atoms with Gasteiger partial charge in [-0.15, -0.1) is 0 Å². The Labute approximate surface area is 136 Å². The number of nitrogens with zero attached hydrogens (tertiary/aromatic N) is 1. The maximum absolute atomic E-state index is 12.1. The second kappa shape index (κ2) is 6.36. The van der Waals surface area contributed by atoms with Crippen molar-refractivity contribution in [2.75, 3.05) is 18.5 Å². The number of pyridine rings is 1. The van der Waals surface area contributed by atoms with Crippen molar-refractivity contribution in [3.8, 4) is 11.5 Å². The van der Waals surface area contributed by atoms with Gasteiger partial charge in [0.25, 0.3) is 0 Å². The number of carbonyl (C=O) groups excluding carboxylic acids is 1. The van der Waals surface area contributed by atoms with Crippen LogP contribution in [0.1, 0.15) is 11.1 Å². The van der Waals surface area contributed by atoms with Crippen molar-refractivity contribution in [3.05, 3.63) is 46.1 Å². The van der Waals surface area contributed by atoms with Crippen LogP contribution in [0.3, 0.4) is 0 Å². The fourth-order valence-electron chi connectivity index (χ4n) is 2.14. The van der Waals surface area contributed by atoms with E-state index in [0.29, 0.717) is 30.5 Å². The maximum atomic E-state index is 12.1. The first-order valence-electron chi connectivity index (χ1n) is 6.92. The molecule has 1 aromatic carbocycles. The number of amides is 1. The molecule has 2 aromatic rings. The van der Waals surface area contributed by atoms with Gasteiger partial charge < -0.3 is 14.8 Å². The molecule has 2 heterocycles. The van der Waals surface area contributed by atoms with Crippen LogP contribution in [-0.2, 0) is 11.2 Å². The summed E-state index contributed by atoms with van der Waals surface area (Å²) < 4.78 is 11.9. The fraction of sp³-hybridized carbons (Fsp3) is 0.250. The van der Waals surface area contributed by atoms with Gasteiger partial charge in [0.05, 0.1) is 6.42 Å². The molecule has 22 heavy (non-hydrogen) atoms. The lowest BCUT2D eigenvalue weighted by molar-refractivity contribution is -0.115. The van der Waals surface area contributed by atoms with Crippen LogP contribution in [0.25, 0.3) is 0 Å². The Morgan fingerprint density at radius 3 is 2.68 bits per heavy atom. The first kappa shape index (κ1) is 14.8. The third-order valence-corrected chi connectivity index (χ3v) is 3.98. The molecule has 1 aliphatic rings. The highest BCUT2D eigenvalue weighted by Crippen LogP contribution is 2.35. The van der Waals surface area contributed by atoms with Crippen molar-refractivity contribution in [2.24, 2.45) is 0 Å². The summed E-state index contributed by atoms with van der Waals surface area (Å²) in [5.74, 6) is 1.78. The van der Waals surface area contributed by atoms with Crippen LogP contribution >= 0.6 is 15.9 Å². The molecule has 0 atom stereocenters. The minimum atomic E-state index is -0.131. The minimum Gasteiger partial charge on any atom is -0.486 e. The molecular formula is C16H15BrN2O3. The molecule has 0 bridgehead atoms. The number of nitrogens with one attached hydrogen (secondary N) is 1. The Morgan fingerprint density at radius 2 is 2.00 bits per heavy atom. The summed E-state index contributed by atoms with van der Waals surface area (Å²) in [6, 6.07) is 7.36. The Kier molecular flexibility index (Phi) is 4.29. The number of aryl methyl sites for hydroxylation is 1. The predicted octanol–water partition coefficient (Wildman–Crippen LogP) is 3.10. The molecule has 0 spiro atoms. The Hall–Kier alpha value is -2.08. The summed E-state index contributed by atoms with van der Waals surface area (Å²) >= 11 is 3.47. The first-order chi connectivity index (χ1) is 10.6. The van der Waals surface area contributed by atoms with Crippen LogP contribution in [-0.4, -0.2) is 24.1 Å². The first-order valence-corrected chi connectivity index (χ1v) is 7.71. The fourth-order valence-corrected chi connectivity index (χ4v) is 2.61. The number of rotatable bonds is 3. The predicted molar refractivity (Wildman–Crippen MR) is 86.4 cm³/mol. The Morgan fingerprint density at radius 1 is 1.27 bits per heavy atom. The van der Waals surface area contributed by atoms with E-state index >= 15 is 0 Å². The molecule has 0 saturated carbocycles. The molecule has 0 unspecified atom stereocenters. The highest BCUT2D eigenvalue weighted by Gasteiger charge is 2.16. The molecule has 3 rings (SSSR count). The Bertz CT molecular complexity index is 701. The zero-order valence-electron chi connectivity index (χ0n) is 12.1. The quantitative estimate of drug-likeness (QED) is 0.911. The van der Waals surface area contributed by atoms with E-state index in [0.717, 1.165) is 15.6 Å². The number of aromatic nitrogens is 1. The molecule has 114 valence electrons. The lowest BCUT2D eigenvalue weighted by Gasteiger charge is -2.19. The normalized spacial score (nSPS) is 12.8. The number of anilines is 1. The van der Waals surface area contributed by atoms with E-state index in [1.807, 2.05) is 25.1 Å². The van der Waals surface area contributed by atoms with Gasteiger partial charge in [-0.05, 0) is 36.2 Å². The monoisotopic (exact) mass is 362 g/mol.